The van der Waals surface area contributed by atoms with Crippen LogP contribution in [0.2, 0.25) is 5.02 Å². The second kappa shape index (κ2) is 7.35. The van der Waals surface area contributed by atoms with Gasteiger partial charge in [-0.1, -0.05) is 11.6 Å². The summed E-state index contributed by atoms with van der Waals surface area (Å²) in [7, 11) is 0. The second-order valence-electron chi connectivity index (χ2n) is 3.84. The molecule has 0 aliphatic heterocycles. The van der Waals surface area contributed by atoms with Crippen LogP contribution in [0.4, 0.5) is 4.39 Å². The van der Waals surface area contributed by atoms with Crippen LogP contribution in [-0.2, 0) is 15.3 Å². The van der Waals surface area contributed by atoms with Gasteiger partial charge < -0.3 is 10.4 Å². The van der Waals surface area contributed by atoms with Crippen molar-refractivity contribution in [1.29, 1.82) is 0 Å². The van der Waals surface area contributed by atoms with Gasteiger partial charge in [-0.25, -0.2) is 9.18 Å². The molecule has 7 heteroatoms. The van der Waals surface area contributed by atoms with Crippen molar-refractivity contribution in [2.75, 3.05) is 5.75 Å². The lowest BCUT2D eigenvalue weighted by Crippen LogP contribution is -2.41. The summed E-state index contributed by atoms with van der Waals surface area (Å²) in [5, 5.41) is 11.6. The number of hydrogen-bond donors (Lipinski definition) is 2. The molecule has 0 fully saturated rings. The van der Waals surface area contributed by atoms with E-state index in [1.807, 2.05) is 0 Å². The lowest BCUT2D eigenvalue weighted by atomic mass is 10.2. The van der Waals surface area contributed by atoms with E-state index in [2.05, 4.69) is 5.32 Å². The monoisotopic (exact) mass is 305 g/mol. The third-order valence-electron chi connectivity index (χ3n) is 2.23. The van der Waals surface area contributed by atoms with Crippen LogP contribution < -0.4 is 5.32 Å². The maximum absolute atomic E-state index is 13.4. The second-order valence-corrected chi connectivity index (χ2v) is 5.31. The molecule has 4 nitrogen and oxygen atoms in total. The molecule has 0 aliphatic carbocycles. The standard InChI is InChI=1S/C12H13ClFNO3S/c1-7(16)15-11(12(17)18)6-19-5-8-4-9(13)2-3-10(8)14/h2-4,11H,5-6H2,1H3,(H,15,16)(H,17,18)/t11-/m0/s1. The average Bonchev–Trinajstić information content (AvgIpc) is 2.31. The lowest BCUT2D eigenvalue weighted by Gasteiger charge is -2.12. The Kier molecular flexibility index (Phi) is 6.11. The number of hydrogen-bond acceptors (Lipinski definition) is 3. The highest BCUT2D eigenvalue weighted by Gasteiger charge is 2.18. The Hall–Kier alpha value is -1.27. The summed E-state index contributed by atoms with van der Waals surface area (Å²) in [6.45, 7) is 1.25. The summed E-state index contributed by atoms with van der Waals surface area (Å²) in [6, 6.07) is 3.23. The van der Waals surface area contributed by atoms with E-state index in [1.54, 1.807) is 0 Å². The van der Waals surface area contributed by atoms with Crippen molar-refractivity contribution < 1.29 is 19.1 Å². The fourth-order valence-corrected chi connectivity index (χ4v) is 2.58. The van der Waals surface area contributed by atoms with Gasteiger partial charge in [0.15, 0.2) is 0 Å². The Morgan fingerprint density at radius 1 is 1.53 bits per heavy atom. The predicted molar refractivity (Wildman–Crippen MR) is 72.8 cm³/mol. The van der Waals surface area contributed by atoms with E-state index in [-0.39, 0.29) is 17.3 Å². The highest BCUT2D eigenvalue weighted by molar-refractivity contribution is 7.98. The van der Waals surface area contributed by atoms with E-state index in [4.69, 9.17) is 16.7 Å². The molecule has 0 aromatic heterocycles. The van der Waals surface area contributed by atoms with Gasteiger partial charge in [0.05, 0.1) is 0 Å². The first-order valence-corrected chi connectivity index (χ1v) is 6.95. The van der Waals surface area contributed by atoms with Gasteiger partial charge in [-0.3, -0.25) is 4.79 Å². The van der Waals surface area contributed by atoms with E-state index in [0.29, 0.717) is 10.6 Å². The first kappa shape index (κ1) is 15.8. The molecule has 0 unspecified atom stereocenters. The third-order valence-corrected chi connectivity index (χ3v) is 3.54. The van der Waals surface area contributed by atoms with Gasteiger partial charge in [0.25, 0.3) is 0 Å². The molecular weight excluding hydrogens is 293 g/mol. The summed E-state index contributed by atoms with van der Waals surface area (Å²) in [5.41, 5.74) is 0.407. The molecule has 1 atom stereocenters. The highest BCUT2D eigenvalue weighted by atomic mass is 35.5. The Morgan fingerprint density at radius 2 is 2.21 bits per heavy atom. The summed E-state index contributed by atoms with van der Waals surface area (Å²) in [5.74, 6) is -1.48. The van der Waals surface area contributed by atoms with E-state index in [0.717, 1.165) is 0 Å². The van der Waals surface area contributed by atoms with Crippen molar-refractivity contribution in [3.05, 3.63) is 34.6 Å². The number of thioether (sulfide) groups is 1. The average molecular weight is 306 g/mol. The van der Waals surface area contributed by atoms with Crippen LogP contribution in [-0.4, -0.2) is 28.8 Å². The Morgan fingerprint density at radius 3 is 2.79 bits per heavy atom. The third kappa shape index (κ3) is 5.48. The molecule has 0 aliphatic rings. The van der Waals surface area contributed by atoms with Crippen molar-refractivity contribution in [3.8, 4) is 0 Å². The van der Waals surface area contributed by atoms with E-state index in [1.165, 1.54) is 36.9 Å². The quantitative estimate of drug-likeness (QED) is 0.846. The Balaban J connectivity index is 2.54. The number of halogens is 2. The van der Waals surface area contributed by atoms with Gasteiger partial charge >= 0.3 is 5.97 Å². The highest BCUT2D eigenvalue weighted by Crippen LogP contribution is 2.20. The van der Waals surface area contributed by atoms with E-state index < -0.39 is 17.9 Å². The van der Waals surface area contributed by atoms with Gasteiger partial charge in [0.2, 0.25) is 5.91 Å². The minimum absolute atomic E-state index is 0.154. The van der Waals surface area contributed by atoms with Crippen LogP contribution in [0, 0.1) is 5.82 Å². The number of aliphatic carboxylic acids is 1. The van der Waals surface area contributed by atoms with Gasteiger partial charge in [-0.05, 0) is 23.8 Å². The molecular formula is C12H13ClFNO3S. The number of carboxylic acids is 1. The van der Waals surface area contributed by atoms with Crippen LogP contribution >= 0.6 is 23.4 Å². The van der Waals surface area contributed by atoms with Crippen LogP contribution in [0.15, 0.2) is 18.2 Å². The molecule has 0 bridgehead atoms. The zero-order valence-electron chi connectivity index (χ0n) is 10.2. The van der Waals surface area contributed by atoms with Crippen molar-refractivity contribution >= 4 is 35.2 Å². The van der Waals surface area contributed by atoms with Gasteiger partial charge in [-0.15, -0.1) is 0 Å². The molecule has 1 rings (SSSR count). The van der Waals surface area contributed by atoms with Crippen molar-refractivity contribution in [2.24, 2.45) is 0 Å². The van der Waals surface area contributed by atoms with Crippen molar-refractivity contribution in [1.82, 2.24) is 5.32 Å². The Bertz CT molecular complexity index is 484. The number of benzene rings is 1. The fraction of sp³-hybridized carbons (Fsp3) is 0.333. The number of rotatable bonds is 6. The zero-order chi connectivity index (χ0) is 14.4. The minimum atomic E-state index is -1.12. The molecule has 0 heterocycles. The topological polar surface area (TPSA) is 66.4 Å². The van der Waals surface area contributed by atoms with Crippen molar-refractivity contribution in [3.63, 3.8) is 0 Å². The summed E-state index contributed by atoms with van der Waals surface area (Å²) in [4.78, 5) is 21.7. The molecule has 1 amide bonds. The van der Waals surface area contributed by atoms with Crippen molar-refractivity contribution in [2.45, 2.75) is 18.7 Å². The number of nitrogens with one attached hydrogen (secondary N) is 1. The maximum Gasteiger partial charge on any atom is 0.327 e. The molecule has 2 N–H and O–H groups in total. The van der Waals surface area contributed by atoms with Gasteiger partial charge in [-0.2, -0.15) is 11.8 Å². The molecule has 0 spiro atoms. The maximum atomic E-state index is 13.4. The summed E-state index contributed by atoms with van der Waals surface area (Å²) < 4.78 is 13.4. The van der Waals surface area contributed by atoms with E-state index in [9.17, 15) is 14.0 Å². The van der Waals surface area contributed by atoms with Gasteiger partial charge in [0.1, 0.15) is 11.9 Å². The van der Waals surface area contributed by atoms with Crippen LogP contribution in [0.25, 0.3) is 0 Å². The normalized spacial score (nSPS) is 11.9. The Labute approximate surface area is 119 Å². The minimum Gasteiger partial charge on any atom is -0.480 e. The molecule has 0 saturated heterocycles. The predicted octanol–water partition coefficient (Wildman–Crippen LogP) is 2.30. The lowest BCUT2D eigenvalue weighted by molar-refractivity contribution is -0.140. The largest absolute Gasteiger partial charge is 0.480 e. The van der Waals surface area contributed by atoms with Crippen LogP contribution in [0.1, 0.15) is 12.5 Å². The molecule has 104 valence electrons. The van der Waals surface area contributed by atoms with Gasteiger partial charge in [0, 0.05) is 23.5 Å². The van der Waals surface area contributed by atoms with E-state index >= 15 is 0 Å². The number of carboxylic acid groups (broad SMARTS) is 1. The first-order valence-electron chi connectivity index (χ1n) is 5.41. The molecule has 19 heavy (non-hydrogen) atoms. The summed E-state index contributed by atoms with van der Waals surface area (Å²) >= 11 is 6.96. The number of carbonyl (C=O) groups excluding carboxylic acids is 1. The molecule has 0 saturated carbocycles. The fourth-order valence-electron chi connectivity index (χ4n) is 1.36. The number of amides is 1. The smallest absolute Gasteiger partial charge is 0.327 e. The zero-order valence-corrected chi connectivity index (χ0v) is 11.7. The summed E-state index contributed by atoms with van der Waals surface area (Å²) in [6.07, 6.45) is 0. The SMILES string of the molecule is CC(=O)N[C@@H](CSCc1cc(Cl)ccc1F)C(=O)O. The van der Waals surface area contributed by atoms with Crippen LogP contribution in [0.3, 0.4) is 0 Å². The molecule has 0 radical (unpaired) electrons. The first-order chi connectivity index (χ1) is 8.90. The number of carbonyl (C=O) groups is 2. The van der Waals surface area contributed by atoms with Crippen LogP contribution in [0.5, 0.6) is 0 Å². The molecule has 1 aromatic carbocycles. The molecule has 1 aromatic rings.